The highest BCUT2D eigenvalue weighted by Gasteiger charge is 2.58. The summed E-state index contributed by atoms with van der Waals surface area (Å²) in [6, 6.07) is 81.7. The third-order valence-electron chi connectivity index (χ3n) is 20.4. The van der Waals surface area contributed by atoms with Gasteiger partial charge >= 0.3 is 0 Å². The molecule has 0 radical (unpaired) electrons. The minimum Gasteiger partial charge on any atom is -0.458 e. The van der Waals surface area contributed by atoms with Crippen LogP contribution in [-0.4, -0.2) is 31.4 Å². The first kappa shape index (κ1) is 47.2. The number of ether oxygens (including phenoxy) is 1. The Balaban J connectivity index is 0.946. The van der Waals surface area contributed by atoms with E-state index in [2.05, 4.69) is 273 Å². The number of benzene rings is 11. The largest absolute Gasteiger partial charge is 0.458 e. The summed E-state index contributed by atoms with van der Waals surface area (Å²) in [5.74, 6) is 2.91. The Morgan fingerprint density at radius 2 is 0.714 bits per heavy atom. The normalized spacial score (nSPS) is 14.6. The molecule has 8 heterocycles. The first-order chi connectivity index (χ1) is 41.2. The van der Waals surface area contributed by atoms with Crippen LogP contribution in [0.5, 0.6) is 11.5 Å². The maximum absolute atomic E-state index is 7.41. The lowest BCUT2D eigenvalue weighted by Crippen LogP contribution is -2.75. The quantitative estimate of drug-likeness (QED) is 0.160. The molecule has 1 aromatic heterocycles. The zero-order chi connectivity index (χ0) is 55.7. The molecule has 0 saturated heterocycles. The van der Waals surface area contributed by atoms with E-state index in [4.69, 9.17) is 4.74 Å². The van der Waals surface area contributed by atoms with Gasteiger partial charge in [0.1, 0.15) is 11.5 Å². The molecule has 7 aliphatic rings. The molecule has 11 aromatic carbocycles. The molecular weight excluding hydrogens is 1020 g/mol. The van der Waals surface area contributed by atoms with Crippen LogP contribution in [0.4, 0.5) is 51.2 Å². The van der Waals surface area contributed by atoms with Gasteiger partial charge in [-0.15, -0.1) is 0 Å². The zero-order valence-corrected chi connectivity index (χ0v) is 47.9. The molecule has 0 atom stereocenters. The maximum Gasteiger partial charge on any atom is 0.252 e. The van der Waals surface area contributed by atoms with Crippen molar-refractivity contribution in [1.82, 2.24) is 4.57 Å². The molecule has 0 spiro atoms. The highest BCUT2D eigenvalue weighted by molar-refractivity contribution is 7.09. The summed E-state index contributed by atoms with van der Waals surface area (Å²) in [5, 5.41) is 2.53. The average Bonchev–Trinajstić information content (AvgIpc) is 0.762. The number of fused-ring (bicyclic) bond motifs is 23. The summed E-state index contributed by atoms with van der Waals surface area (Å²) in [7, 11) is 0. The van der Waals surface area contributed by atoms with Crippen LogP contribution in [0.15, 0.2) is 212 Å². The second-order valence-electron chi connectivity index (χ2n) is 25.5. The second-order valence-corrected chi connectivity index (χ2v) is 25.5. The van der Waals surface area contributed by atoms with Gasteiger partial charge in [0.2, 0.25) is 0 Å². The Kier molecular flexibility index (Phi) is 9.38. The van der Waals surface area contributed by atoms with E-state index in [-0.39, 0.29) is 26.9 Å². The number of hydrogen-bond acceptors (Lipinski definition) is 4. The van der Waals surface area contributed by atoms with E-state index < -0.39 is 0 Å². The Hall–Kier alpha value is -9.32. The fourth-order valence-electron chi connectivity index (χ4n) is 17.0. The third-order valence-corrected chi connectivity index (χ3v) is 20.4. The van der Waals surface area contributed by atoms with Gasteiger partial charge < -0.3 is 24.0 Å². The fourth-order valence-corrected chi connectivity index (χ4v) is 17.0. The van der Waals surface area contributed by atoms with Crippen molar-refractivity contribution < 1.29 is 4.74 Å². The van der Waals surface area contributed by atoms with Crippen LogP contribution < -0.4 is 85.0 Å². The second kappa shape index (κ2) is 16.7. The van der Waals surface area contributed by atoms with Gasteiger partial charge in [-0.05, 0) is 149 Å². The van der Waals surface area contributed by atoms with Gasteiger partial charge in [-0.3, -0.25) is 0 Å². The van der Waals surface area contributed by atoms with Gasteiger partial charge in [0.05, 0.1) is 11.0 Å². The van der Waals surface area contributed by atoms with Crippen molar-refractivity contribution in [3.05, 3.63) is 229 Å². The van der Waals surface area contributed by atoms with Crippen LogP contribution in [0.1, 0.15) is 76.0 Å². The minimum absolute atomic E-state index is 0.0213. The van der Waals surface area contributed by atoms with Crippen LogP contribution in [0.2, 0.25) is 0 Å². The number of para-hydroxylation sites is 7. The summed E-state index contributed by atoms with van der Waals surface area (Å²) in [5.41, 5.74) is 35.3. The molecule has 7 aliphatic heterocycles. The SMILES string of the molecule is CC(C)c1cc(C(C)C)c(B2c3ccccc3Oc3cc4c(cc32)B2c3ccccc3N3c5ccccc5B5c6ccc(-n7c8ccccc8c8ccccc87)cc6N6c7ccccc7B7c8ccccc8N4c4c2c3c5c6c47)c(C(C)C)c1. The molecule has 0 amide bonds. The predicted octanol–water partition coefficient (Wildman–Crippen LogP) is 10.6. The van der Waals surface area contributed by atoms with E-state index in [1.807, 2.05) is 0 Å². The summed E-state index contributed by atoms with van der Waals surface area (Å²) in [4.78, 5) is 8.10. The van der Waals surface area contributed by atoms with Crippen molar-refractivity contribution in [2.75, 3.05) is 14.7 Å². The van der Waals surface area contributed by atoms with E-state index in [0.29, 0.717) is 17.8 Å². The zero-order valence-electron chi connectivity index (χ0n) is 47.9. The first-order valence-corrected chi connectivity index (χ1v) is 30.5. The Morgan fingerprint density at radius 3 is 1.21 bits per heavy atom. The summed E-state index contributed by atoms with van der Waals surface area (Å²) in [6.45, 7) is 14.1. The van der Waals surface area contributed by atoms with E-state index in [0.717, 1.165) is 17.2 Å². The Morgan fingerprint density at radius 1 is 0.310 bits per heavy atom. The lowest BCUT2D eigenvalue weighted by Gasteiger charge is -2.55. The third kappa shape index (κ3) is 5.85. The molecule has 0 fully saturated rings. The van der Waals surface area contributed by atoms with Crippen molar-refractivity contribution >= 4 is 165 Å². The number of hydrogen-bond donors (Lipinski definition) is 0. The molecule has 0 saturated carbocycles. The Bertz CT molecular complexity index is 4880. The van der Waals surface area contributed by atoms with Crippen molar-refractivity contribution in [3.8, 4) is 17.2 Å². The lowest BCUT2D eigenvalue weighted by molar-refractivity contribution is 0.487. The van der Waals surface area contributed by atoms with Gasteiger partial charge in [0.15, 0.2) is 0 Å². The van der Waals surface area contributed by atoms with Crippen molar-refractivity contribution in [2.24, 2.45) is 0 Å². The molecule has 394 valence electrons. The molecule has 9 heteroatoms. The van der Waals surface area contributed by atoms with Crippen molar-refractivity contribution in [3.63, 3.8) is 0 Å². The number of rotatable bonds is 5. The van der Waals surface area contributed by atoms with E-state index in [1.165, 1.54) is 155 Å². The predicted molar refractivity (Wildman–Crippen MR) is 359 cm³/mol. The molecular formula is C75H56B4N4O. The highest BCUT2D eigenvalue weighted by atomic mass is 16.5. The van der Waals surface area contributed by atoms with Crippen molar-refractivity contribution in [1.29, 1.82) is 0 Å². The summed E-state index contributed by atoms with van der Waals surface area (Å²) < 4.78 is 9.90. The monoisotopic (exact) mass is 1070 g/mol. The Labute approximate surface area is 492 Å². The lowest BCUT2D eigenvalue weighted by atomic mass is 9.24. The first-order valence-electron chi connectivity index (χ1n) is 30.5. The number of anilines is 9. The van der Waals surface area contributed by atoms with Gasteiger partial charge in [0.25, 0.3) is 26.9 Å². The number of nitrogens with zero attached hydrogens (tertiary/aromatic N) is 4. The summed E-state index contributed by atoms with van der Waals surface area (Å²) in [6.07, 6.45) is 0. The van der Waals surface area contributed by atoms with Crippen LogP contribution in [-0.2, 0) is 0 Å². The van der Waals surface area contributed by atoms with Crippen LogP contribution in [0, 0.1) is 0 Å². The van der Waals surface area contributed by atoms with Gasteiger partial charge in [-0.25, -0.2) is 0 Å². The molecule has 12 aromatic rings. The van der Waals surface area contributed by atoms with E-state index in [9.17, 15) is 0 Å². The maximum atomic E-state index is 7.41. The van der Waals surface area contributed by atoms with Crippen LogP contribution in [0.3, 0.4) is 0 Å². The van der Waals surface area contributed by atoms with E-state index >= 15 is 0 Å². The number of aromatic nitrogens is 1. The minimum atomic E-state index is -0.0858. The smallest absolute Gasteiger partial charge is 0.252 e. The molecule has 0 N–H and O–H groups in total. The molecule has 0 unspecified atom stereocenters. The highest BCUT2D eigenvalue weighted by Crippen LogP contribution is 2.52. The van der Waals surface area contributed by atoms with Gasteiger partial charge in [-0.1, -0.05) is 199 Å². The molecule has 0 aliphatic carbocycles. The fraction of sp³-hybridized carbons (Fsp3) is 0.120. The molecule has 84 heavy (non-hydrogen) atoms. The summed E-state index contributed by atoms with van der Waals surface area (Å²) >= 11 is 0. The molecule has 5 nitrogen and oxygen atoms in total. The van der Waals surface area contributed by atoms with Gasteiger partial charge in [0, 0.05) is 73.7 Å². The van der Waals surface area contributed by atoms with Crippen molar-refractivity contribution in [2.45, 2.75) is 59.3 Å². The molecule has 0 bridgehead atoms. The standard InChI is InChI=1S/C75H56B4N4O/c1-42(2)45-37-49(43(3)4)69(50(38-45)44(5)6)79-56-27-13-20-34-67(56)84-68-41-66-57(40-58(68)79)78-54-26-12-17-31-62(54)81-61-30-16-9-23-51(61)77-55-36-35-46(80-59-28-14-7-21-47(59)48-22-8-15-29-60(48)80)39-65(55)82-63-32-18-10-24-52(63)76-53-25-11-19-33-64(53)83(66)75-71(76)74(82)70(77)73(81)72(75)78/h7-44H,1-6H3. The van der Waals surface area contributed by atoms with Crippen LogP contribution >= 0.6 is 0 Å². The average molecular weight is 1070 g/mol. The molecule has 19 rings (SSSR count). The van der Waals surface area contributed by atoms with E-state index in [1.54, 1.807) is 0 Å². The van der Waals surface area contributed by atoms with Gasteiger partial charge in [-0.2, -0.15) is 0 Å². The topological polar surface area (TPSA) is 23.9 Å². The van der Waals surface area contributed by atoms with Crippen LogP contribution in [0.25, 0.3) is 27.5 Å².